The maximum atomic E-state index is 12.7. The van der Waals surface area contributed by atoms with Gasteiger partial charge in [0.15, 0.2) is 9.84 Å². The molecule has 0 spiro atoms. The van der Waals surface area contributed by atoms with Gasteiger partial charge in [-0.25, -0.2) is 8.42 Å². The van der Waals surface area contributed by atoms with Crippen LogP contribution in [0.3, 0.4) is 0 Å². The highest BCUT2D eigenvalue weighted by Gasteiger charge is 2.25. The van der Waals surface area contributed by atoms with Gasteiger partial charge >= 0.3 is 0 Å². The quantitative estimate of drug-likeness (QED) is 0.465. The van der Waals surface area contributed by atoms with Crippen molar-refractivity contribution in [2.75, 3.05) is 12.4 Å². The Labute approximate surface area is 150 Å². The number of piperidine rings is 1. The number of benzene rings is 1. The van der Waals surface area contributed by atoms with Crippen molar-refractivity contribution in [3.05, 3.63) is 39.0 Å². The van der Waals surface area contributed by atoms with Gasteiger partial charge in [0.1, 0.15) is 17.5 Å². The lowest BCUT2D eigenvalue weighted by molar-refractivity contribution is 0.103. The zero-order chi connectivity index (χ0) is 17.9. The summed E-state index contributed by atoms with van der Waals surface area (Å²) in [4.78, 5) is 12.4. The number of nitriles is 1. The van der Waals surface area contributed by atoms with E-state index in [1.807, 2.05) is 6.07 Å². The van der Waals surface area contributed by atoms with Crippen LogP contribution in [-0.2, 0) is 9.84 Å². The molecule has 1 heterocycles. The van der Waals surface area contributed by atoms with Gasteiger partial charge in [-0.3, -0.25) is 4.79 Å². The van der Waals surface area contributed by atoms with Gasteiger partial charge in [0.05, 0.1) is 14.9 Å². The van der Waals surface area contributed by atoms with Crippen LogP contribution in [-0.4, -0.2) is 26.6 Å². The zero-order valence-corrected chi connectivity index (χ0v) is 14.9. The lowest BCUT2D eigenvalue weighted by Gasteiger charge is -2.18. The number of ketones is 1. The number of nitrogens with one attached hydrogen (secondary N) is 1. The molecule has 0 aliphatic carbocycles. The first-order valence-corrected chi connectivity index (χ1v) is 9.56. The Bertz CT molecular complexity index is 849. The van der Waals surface area contributed by atoms with Crippen molar-refractivity contribution in [1.29, 1.82) is 5.26 Å². The van der Waals surface area contributed by atoms with Crippen LogP contribution in [0.25, 0.3) is 0 Å². The summed E-state index contributed by atoms with van der Waals surface area (Å²) in [5, 5.41) is 12.2. The number of halogens is 2. The molecular weight excluding hydrogens is 373 g/mol. The second-order valence-electron chi connectivity index (χ2n) is 5.22. The number of carbonyl (C=O) groups excluding carboxylic acids is 1. The van der Waals surface area contributed by atoms with E-state index in [2.05, 4.69) is 5.32 Å². The first-order chi connectivity index (χ1) is 11.3. The van der Waals surface area contributed by atoms with Crippen molar-refractivity contribution >= 4 is 38.8 Å². The summed E-state index contributed by atoms with van der Waals surface area (Å²) in [6, 6.07) is 4.14. The smallest absolute Gasteiger partial charge is 0.206 e. The highest BCUT2D eigenvalue weighted by Crippen LogP contribution is 2.31. The predicted octanol–water partition coefficient (Wildman–Crippen LogP) is 2.42. The molecule has 0 bridgehead atoms. The van der Waals surface area contributed by atoms with Crippen LogP contribution >= 0.6 is 23.2 Å². The van der Waals surface area contributed by atoms with Crippen molar-refractivity contribution in [1.82, 2.24) is 5.32 Å². The number of Topliss-reactive ketones (excluding diaryl/α,β-unsaturated/α-hetero) is 1. The van der Waals surface area contributed by atoms with Gasteiger partial charge in [-0.2, -0.15) is 5.26 Å². The Morgan fingerprint density at radius 2 is 2.00 bits per heavy atom. The Morgan fingerprint density at radius 1 is 1.29 bits per heavy atom. The number of allylic oxidation sites excluding steroid dienone is 2. The molecule has 0 aromatic heterocycles. The lowest BCUT2D eigenvalue weighted by atomic mass is 9.98. The molecule has 1 aliphatic rings. The first kappa shape index (κ1) is 18.7. The number of nitrogens with zero attached hydrogens (tertiary/aromatic N) is 1. The zero-order valence-electron chi connectivity index (χ0n) is 12.6. The third-order valence-corrected chi connectivity index (χ3v) is 5.84. The van der Waals surface area contributed by atoms with Gasteiger partial charge in [-0.05, 0) is 31.4 Å². The molecule has 9 heteroatoms. The SMILES string of the molecule is N#CC(C(=O)c1cc(S(=O)(=O)CN)c(Cl)cc1Cl)=C1CCCCN1. The molecule has 2 rings (SSSR count). The normalized spacial score (nSPS) is 16.9. The van der Waals surface area contributed by atoms with Crippen LogP contribution in [0.2, 0.25) is 10.0 Å². The fourth-order valence-electron chi connectivity index (χ4n) is 2.39. The lowest BCUT2D eigenvalue weighted by Crippen LogP contribution is -2.23. The second kappa shape index (κ2) is 7.53. The van der Waals surface area contributed by atoms with E-state index in [4.69, 9.17) is 28.9 Å². The van der Waals surface area contributed by atoms with E-state index in [9.17, 15) is 18.5 Å². The summed E-state index contributed by atoms with van der Waals surface area (Å²) >= 11 is 12.0. The van der Waals surface area contributed by atoms with Crippen LogP contribution in [0, 0.1) is 11.3 Å². The summed E-state index contributed by atoms with van der Waals surface area (Å²) in [6.07, 6.45) is 2.40. The third kappa shape index (κ3) is 3.73. The Morgan fingerprint density at radius 3 is 2.54 bits per heavy atom. The Kier molecular flexibility index (Phi) is 5.88. The van der Waals surface area contributed by atoms with E-state index in [1.54, 1.807) is 0 Å². The highest BCUT2D eigenvalue weighted by atomic mass is 35.5. The summed E-state index contributed by atoms with van der Waals surface area (Å²) in [5.74, 6) is -1.30. The molecule has 1 aromatic carbocycles. The van der Waals surface area contributed by atoms with Gasteiger partial charge in [-0.15, -0.1) is 0 Å². The van der Waals surface area contributed by atoms with E-state index in [-0.39, 0.29) is 26.1 Å². The van der Waals surface area contributed by atoms with Crippen LogP contribution in [0.1, 0.15) is 29.6 Å². The van der Waals surface area contributed by atoms with Crippen LogP contribution in [0.5, 0.6) is 0 Å². The molecule has 1 saturated heterocycles. The van der Waals surface area contributed by atoms with E-state index in [0.717, 1.165) is 18.9 Å². The van der Waals surface area contributed by atoms with Gasteiger partial charge in [0.25, 0.3) is 0 Å². The van der Waals surface area contributed by atoms with Crippen molar-refractivity contribution in [3.8, 4) is 6.07 Å². The summed E-state index contributed by atoms with van der Waals surface area (Å²) < 4.78 is 24.0. The Hall–Kier alpha value is -1.59. The monoisotopic (exact) mass is 387 g/mol. The molecular formula is C15H15Cl2N3O3S. The number of nitrogens with two attached hydrogens (primary N) is 1. The number of hydrogen-bond donors (Lipinski definition) is 2. The minimum atomic E-state index is -3.84. The second-order valence-corrected chi connectivity index (χ2v) is 8.04. The molecule has 0 unspecified atom stereocenters. The number of hydrogen-bond acceptors (Lipinski definition) is 6. The van der Waals surface area contributed by atoms with Crippen molar-refractivity contribution in [2.24, 2.45) is 5.73 Å². The largest absolute Gasteiger partial charge is 0.387 e. The van der Waals surface area contributed by atoms with Crippen LogP contribution in [0.15, 0.2) is 28.3 Å². The Balaban J connectivity index is 2.57. The average molecular weight is 388 g/mol. The fourth-order valence-corrected chi connectivity index (χ4v) is 4.04. The minimum absolute atomic E-state index is 0.0230. The van der Waals surface area contributed by atoms with E-state index in [0.29, 0.717) is 18.7 Å². The van der Waals surface area contributed by atoms with E-state index in [1.165, 1.54) is 6.07 Å². The molecule has 128 valence electrons. The topological polar surface area (TPSA) is 113 Å². The number of rotatable bonds is 4. The maximum absolute atomic E-state index is 12.7. The van der Waals surface area contributed by atoms with Crippen LogP contribution in [0.4, 0.5) is 0 Å². The van der Waals surface area contributed by atoms with E-state index < -0.39 is 21.5 Å². The number of sulfone groups is 1. The van der Waals surface area contributed by atoms with Crippen molar-refractivity contribution < 1.29 is 13.2 Å². The van der Waals surface area contributed by atoms with Gasteiger partial charge in [0, 0.05) is 17.8 Å². The molecule has 0 amide bonds. The molecule has 1 aromatic rings. The van der Waals surface area contributed by atoms with E-state index >= 15 is 0 Å². The summed E-state index contributed by atoms with van der Waals surface area (Å²) in [7, 11) is -3.84. The predicted molar refractivity (Wildman–Crippen MR) is 91.5 cm³/mol. The molecule has 24 heavy (non-hydrogen) atoms. The standard InChI is InChI=1S/C15H15Cl2N3O3S/c16-11-6-12(17)14(24(22,23)8-19)5-9(11)15(21)10(7-18)13-3-1-2-4-20-13/h5-6,20H,1-4,8,19H2. The average Bonchev–Trinajstić information content (AvgIpc) is 2.56. The number of carbonyl (C=O) groups is 1. The summed E-state index contributed by atoms with van der Waals surface area (Å²) in [5.41, 5.74) is 5.62. The molecule has 0 radical (unpaired) electrons. The van der Waals surface area contributed by atoms with Crippen molar-refractivity contribution in [2.45, 2.75) is 24.2 Å². The molecule has 0 atom stereocenters. The van der Waals surface area contributed by atoms with Gasteiger partial charge in [-0.1, -0.05) is 23.2 Å². The fraction of sp³-hybridized carbons (Fsp3) is 0.333. The first-order valence-electron chi connectivity index (χ1n) is 7.15. The van der Waals surface area contributed by atoms with Crippen molar-refractivity contribution in [3.63, 3.8) is 0 Å². The molecule has 3 N–H and O–H groups in total. The highest BCUT2D eigenvalue weighted by molar-refractivity contribution is 7.91. The van der Waals surface area contributed by atoms with Crippen LogP contribution < -0.4 is 11.1 Å². The third-order valence-electron chi connectivity index (χ3n) is 3.65. The minimum Gasteiger partial charge on any atom is -0.387 e. The molecule has 1 aliphatic heterocycles. The maximum Gasteiger partial charge on any atom is 0.206 e. The summed E-state index contributed by atoms with van der Waals surface area (Å²) in [6.45, 7) is 0.676. The van der Waals surface area contributed by atoms with Gasteiger partial charge < -0.3 is 11.1 Å². The molecule has 1 fully saturated rings. The van der Waals surface area contributed by atoms with Gasteiger partial charge in [0.2, 0.25) is 5.78 Å². The molecule has 0 saturated carbocycles. The molecule has 6 nitrogen and oxygen atoms in total.